The second-order valence-corrected chi connectivity index (χ2v) is 11.6. The van der Waals surface area contributed by atoms with Gasteiger partial charge in [-0.2, -0.15) is 0 Å². The Balaban J connectivity index is 1.46. The van der Waals surface area contributed by atoms with E-state index in [0.29, 0.717) is 0 Å². The molecule has 0 fully saturated rings. The van der Waals surface area contributed by atoms with Gasteiger partial charge in [-0.3, -0.25) is 0 Å². The zero-order valence-electron chi connectivity index (χ0n) is 20.3. The lowest BCUT2D eigenvalue weighted by molar-refractivity contribution is 1.20. The molecule has 0 atom stereocenters. The number of hydrogen-bond donors (Lipinski definition) is 0. The van der Waals surface area contributed by atoms with Gasteiger partial charge < -0.3 is 4.57 Å². The molecule has 0 aliphatic rings. The Hall–Kier alpha value is -4.66. The van der Waals surface area contributed by atoms with Gasteiger partial charge in [-0.1, -0.05) is 91.0 Å². The molecule has 2 heteroatoms. The molecule has 0 spiro atoms. The van der Waals surface area contributed by atoms with Crippen molar-refractivity contribution < 1.29 is 0 Å². The Bertz CT molecular complexity index is 2540. The van der Waals surface area contributed by atoms with Crippen LogP contribution < -0.4 is 0 Å². The fourth-order valence-corrected chi connectivity index (χ4v) is 8.30. The smallest absolute Gasteiger partial charge is 0.0562 e. The SMILES string of the molecule is c1cc2ccc3ccc(-n4c5cccc6ccc7c8c(cc4c7c65)sc4ccccc48)c4ccc(c1)c2c34. The van der Waals surface area contributed by atoms with Crippen molar-refractivity contribution in [2.24, 2.45) is 0 Å². The number of aromatic nitrogens is 1. The maximum absolute atomic E-state index is 2.53. The van der Waals surface area contributed by atoms with Gasteiger partial charge in [0.15, 0.2) is 0 Å². The van der Waals surface area contributed by atoms with E-state index in [1.807, 2.05) is 11.3 Å². The average Bonchev–Trinajstić information content (AvgIpc) is 3.51. The van der Waals surface area contributed by atoms with Gasteiger partial charge in [0.2, 0.25) is 0 Å². The lowest BCUT2D eigenvalue weighted by Gasteiger charge is -2.16. The zero-order valence-corrected chi connectivity index (χ0v) is 21.1. The summed E-state index contributed by atoms with van der Waals surface area (Å²) in [6.45, 7) is 0. The van der Waals surface area contributed by atoms with Gasteiger partial charge in [-0.15, -0.1) is 11.3 Å². The number of rotatable bonds is 1. The number of benzene rings is 8. The molecule has 2 heterocycles. The molecule has 38 heavy (non-hydrogen) atoms. The summed E-state index contributed by atoms with van der Waals surface area (Å²) in [5, 5.41) is 16.1. The van der Waals surface area contributed by atoms with Crippen LogP contribution in [-0.2, 0) is 0 Å². The van der Waals surface area contributed by atoms with E-state index in [9.17, 15) is 0 Å². The first kappa shape index (κ1) is 19.5. The Kier molecular flexibility index (Phi) is 3.38. The number of hydrogen-bond acceptors (Lipinski definition) is 1. The van der Waals surface area contributed by atoms with Crippen LogP contribution in [-0.4, -0.2) is 4.57 Å². The number of nitrogens with zero attached hydrogens (tertiary/aromatic N) is 1. The van der Waals surface area contributed by atoms with Crippen molar-refractivity contribution >= 4 is 96.4 Å². The Labute approximate surface area is 221 Å². The van der Waals surface area contributed by atoms with Gasteiger partial charge in [0.1, 0.15) is 0 Å². The van der Waals surface area contributed by atoms with Crippen LogP contribution in [0.4, 0.5) is 0 Å². The predicted molar refractivity (Wildman–Crippen MR) is 166 cm³/mol. The molecule has 174 valence electrons. The second-order valence-electron chi connectivity index (χ2n) is 10.5. The van der Waals surface area contributed by atoms with Crippen molar-refractivity contribution in [2.45, 2.75) is 0 Å². The molecule has 0 aliphatic carbocycles. The van der Waals surface area contributed by atoms with Crippen LogP contribution in [0, 0.1) is 0 Å². The summed E-state index contributed by atoms with van der Waals surface area (Å²) in [5.74, 6) is 0. The highest BCUT2D eigenvalue weighted by atomic mass is 32.1. The molecule has 0 N–H and O–H groups in total. The fourth-order valence-electron chi connectivity index (χ4n) is 7.14. The molecule has 0 bridgehead atoms. The molecule has 10 rings (SSSR count). The highest BCUT2D eigenvalue weighted by Gasteiger charge is 2.22. The largest absolute Gasteiger partial charge is 0.309 e. The topological polar surface area (TPSA) is 4.93 Å². The van der Waals surface area contributed by atoms with E-state index in [0.717, 1.165) is 0 Å². The summed E-state index contributed by atoms with van der Waals surface area (Å²) in [4.78, 5) is 0. The minimum Gasteiger partial charge on any atom is -0.309 e. The van der Waals surface area contributed by atoms with Crippen molar-refractivity contribution in [3.63, 3.8) is 0 Å². The van der Waals surface area contributed by atoms with Gasteiger partial charge in [0.05, 0.1) is 16.7 Å². The quantitative estimate of drug-likeness (QED) is 0.199. The third-order valence-electron chi connectivity index (χ3n) is 8.67. The van der Waals surface area contributed by atoms with E-state index in [4.69, 9.17) is 0 Å². The van der Waals surface area contributed by atoms with E-state index in [2.05, 4.69) is 120 Å². The van der Waals surface area contributed by atoms with Crippen LogP contribution in [0.1, 0.15) is 0 Å². The minimum absolute atomic E-state index is 1.25. The second kappa shape index (κ2) is 6.61. The van der Waals surface area contributed by atoms with Crippen molar-refractivity contribution in [3.05, 3.63) is 115 Å². The third kappa shape index (κ3) is 2.21. The molecule has 8 aromatic carbocycles. The van der Waals surface area contributed by atoms with E-state index < -0.39 is 0 Å². The minimum atomic E-state index is 1.25. The first-order valence-electron chi connectivity index (χ1n) is 13.1. The first-order chi connectivity index (χ1) is 18.8. The number of thiophene rings is 1. The van der Waals surface area contributed by atoms with Gasteiger partial charge in [0.25, 0.3) is 0 Å². The summed E-state index contributed by atoms with van der Waals surface area (Å²) in [5.41, 5.74) is 3.82. The first-order valence-corrected chi connectivity index (χ1v) is 13.9. The average molecular weight is 498 g/mol. The molecule has 0 aliphatic heterocycles. The van der Waals surface area contributed by atoms with Crippen molar-refractivity contribution in [2.75, 3.05) is 0 Å². The van der Waals surface area contributed by atoms with E-state index in [1.165, 1.54) is 90.8 Å². The normalized spacial score (nSPS) is 12.7. The molecular formula is C36H19NS. The van der Waals surface area contributed by atoms with Gasteiger partial charge in [0, 0.05) is 36.3 Å². The van der Waals surface area contributed by atoms with E-state index >= 15 is 0 Å². The van der Waals surface area contributed by atoms with Gasteiger partial charge in [-0.05, 0) is 62.0 Å². The third-order valence-corrected chi connectivity index (χ3v) is 9.79. The molecule has 2 aromatic heterocycles. The summed E-state index contributed by atoms with van der Waals surface area (Å²) in [7, 11) is 0. The molecule has 0 radical (unpaired) electrons. The molecule has 0 saturated heterocycles. The summed E-state index contributed by atoms with van der Waals surface area (Å²) in [6.07, 6.45) is 0. The maximum atomic E-state index is 2.53. The van der Waals surface area contributed by atoms with Crippen molar-refractivity contribution in [3.8, 4) is 5.69 Å². The van der Waals surface area contributed by atoms with Crippen LogP contribution in [0.25, 0.3) is 90.8 Å². The highest BCUT2D eigenvalue weighted by molar-refractivity contribution is 7.26. The van der Waals surface area contributed by atoms with Crippen LogP contribution in [0.15, 0.2) is 115 Å². The van der Waals surface area contributed by atoms with Crippen LogP contribution >= 0.6 is 11.3 Å². The Morgan fingerprint density at radius 2 is 1.08 bits per heavy atom. The lowest BCUT2D eigenvalue weighted by Crippen LogP contribution is -1.96. The highest BCUT2D eigenvalue weighted by Crippen LogP contribution is 2.47. The van der Waals surface area contributed by atoms with Crippen molar-refractivity contribution in [1.29, 1.82) is 0 Å². The Morgan fingerprint density at radius 1 is 0.395 bits per heavy atom. The summed E-state index contributed by atoms with van der Waals surface area (Å²) in [6, 6.07) is 43.1. The fraction of sp³-hybridized carbons (Fsp3) is 0. The summed E-state index contributed by atoms with van der Waals surface area (Å²) < 4.78 is 5.23. The molecule has 0 amide bonds. The van der Waals surface area contributed by atoms with Crippen molar-refractivity contribution in [1.82, 2.24) is 4.57 Å². The zero-order chi connectivity index (χ0) is 24.5. The standard InChI is InChI=1S/C36H19NS/c1-2-10-30-25(8-1)35-26-17-14-22-7-4-9-28-34(22)36(26)29(19-31(35)38-30)37(28)27-18-15-23-12-11-20-5-3-6-21-13-16-24(27)33(23)32(20)21/h1-19H. The maximum Gasteiger partial charge on any atom is 0.0562 e. The van der Waals surface area contributed by atoms with Gasteiger partial charge >= 0.3 is 0 Å². The number of fused-ring (bicyclic) bond motifs is 4. The molecule has 1 nitrogen and oxygen atoms in total. The van der Waals surface area contributed by atoms with Crippen LogP contribution in [0.5, 0.6) is 0 Å². The van der Waals surface area contributed by atoms with E-state index in [-0.39, 0.29) is 0 Å². The van der Waals surface area contributed by atoms with Crippen LogP contribution in [0.3, 0.4) is 0 Å². The lowest BCUT2D eigenvalue weighted by atomic mass is 9.93. The van der Waals surface area contributed by atoms with Gasteiger partial charge in [-0.25, -0.2) is 0 Å². The monoisotopic (exact) mass is 497 g/mol. The molecule has 10 aromatic rings. The predicted octanol–water partition coefficient (Wildman–Crippen LogP) is 10.6. The van der Waals surface area contributed by atoms with E-state index in [1.54, 1.807) is 0 Å². The Morgan fingerprint density at radius 3 is 1.95 bits per heavy atom. The molecular weight excluding hydrogens is 478 g/mol. The molecule has 0 saturated carbocycles. The van der Waals surface area contributed by atoms with Crippen LogP contribution in [0.2, 0.25) is 0 Å². The molecule has 0 unspecified atom stereocenters. The summed E-state index contributed by atoms with van der Waals surface area (Å²) >= 11 is 1.90.